The third-order valence-electron chi connectivity index (χ3n) is 3.51. The Balaban J connectivity index is 2.60. The number of hydrogen-bond acceptors (Lipinski definition) is 7. The standard InChI is InChI=1S/C18H22N2O6/c1-12(21)14-6-7-15(16(10-14)24-4)25-11-17(22)26-13(2)18(23)20(3)9-5-8-19/h6-7,10,13H,5,9,11H2,1-4H3/t13-/m1/s1. The summed E-state index contributed by atoms with van der Waals surface area (Å²) in [6.45, 7) is 2.72. The van der Waals surface area contributed by atoms with E-state index in [0.717, 1.165) is 0 Å². The van der Waals surface area contributed by atoms with Gasteiger partial charge in [-0.15, -0.1) is 0 Å². The number of carbonyl (C=O) groups is 3. The molecule has 0 fully saturated rings. The molecule has 1 atom stereocenters. The molecule has 0 spiro atoms. The molecule has 8 heteroatoms. The molecule has 0 radical (unpaired) electrons. The number of amides is 1. The highest BCUT2D eigenvalue weighted by Crippen LogP contribution is 2.28. The van der Waals surface area contributed by atoms with E-state index >= 15 is 0 Å². The summed E-state index contributed by atoms with van der Waals surface area (Å²) in [7, 11) is 2.95. The lowest BCUT2D eigenvalue weighted by Crippen LogP contribution is -2.38. The van der Waals surface area contributed by atoms with Gasteiger partial charge in [-0.05, 0) is 32.0 Å². The monoisotopic (exact) mass is 362 g/mol. The first-order valence-corrected chi connectivity index (χ1v) is 7.93. The Hall–Kier alpha value is -3.08. The van der Waals surface area contributed by atoms with Gasteiger partial charge in [-0.1, -0.05) is 0 Å². The van der Waals surface area contributed by atoms with Gasteiger partial charge in [-0.25, -0.2) is 4.79 Å². The summed E-state index contributed by atoms with van der Waals surface area (Å²) in [6, 6.07) is 6.53. The first-order valence-electron chi connectivity index (χ1n) is 7.93. The molecule has 0 aliphatic heterocycles. The van der Waals surface area contributed by atoms with Gasteiger partial charge in [0, 0.05) is 19.2 Å². The predicted molar refractivity (Wildman–Crippen MR) is 91.9 cm³/mol. The highest BCUT2D eigenvalue weighted by molar-refractivity contribution is 5.94. The Bertz CT molecular complexity index is 710. The molecule has 1 aromatic carbocycles. The van der Waals surface area contributed by atoms with Crippen LogP contribution in [0.25, 0.3) is 0 Å². The van der Waals surface area contributed by atoms with Crippen molar-refractivity contribution >= 4 is 17.7 Å². The molecule has 1 rings (SSSR count). The first kappa shape index (κ1) is 21.0. The molecule has 0 saturated heterocycles. The number of rotatable bonds is 9. The summed E-state index contributed by atoms with van der Waals surface area (Å²) < 4.78 is 15.5. The minimum Gasteiger partial charge on any atom is -0.493 e. The number of ketones is 1. The minimum atomic E-state index is -0.989. The van der Waals surface area contributed by atoms with Crippen molar-refractivity contribution in [1.82, 2.24) is 4.90 Å². The quantitative estimate of drug-likeness (QED) is 0.485. The van der Waals surface area contributed by atoms with Gasteiger partial charge < -0.3 is 19.1 Å². The third-order valence-corrected chi connectivity index (χ3v) is 3.51. The van der Waals surface area contributed by atoms with Crippen molar-refractivity contribution in [1.29, 1.82) is 5.26 Å². The molecule has 0 unspecified atom stereocenters. The van der Waals surface area contributed by atoms with Crippen LogP contribution in [0.5, 0.6) is 11.5 Å². The van der Waals surface area contributed by atoms with Crippen LogP contribution in [0.3, 0.4) is 0 Å². The van der Waals surface area contributed by atoms with Gasteiger partial charge in [-0.2, -0.15) is 5.26 Å². The zero-order valence-corrected chi connectivity index (χ0v) is 15.3. The molecule has 140 valence electrons. The number of methoxy groups -OCH3 is 1. The summed E-state index contributed by atoms with van der Waals surface area (Å²) in [5.74, 6) is -0.665. The van der Waals surface area contributed by atoms with Gasteiger partial charge in [0.25, 0.3) is 5.91 Å². The van der Waals surface area contributed by atoms with Crippen LogP contribution in [0, 0.1) is 11.3 Å². The van der Waals surface area contributed by atoms with Gasteiger partial charge in [-0.3, -0.25) is 9.59 Å². The highest BCUT2D eigenvalue weighted by atomic mass is 16.6. The second kappa shape index (κ2) is 10.0. The van der Waals surface area contributed by atoms with Crippen molar-refractivity contribution in [2.45, 2.75) is 26.4 Å². The molecule has 1 aromatic rings. The number of ether oxygens (including phenoxy) is 3. The maximum absolute atomic E-state index is 12.0. The number of benzene rings is 1. The maximum atomic E-state index is 12.0. The van der Waals surface area contributed by atoms with E-state index in [1.54, 1.807) is 6.07 Å². The summed E-state index contributed by atoms with van der Waals surface area (Å²) in [4.78, 5) is 36.6. The molecule has 0 bridgehead atoms. The predicted octanol–water partition coefficient (Wildman–Crippen LogP) is 1.58. The number of nitrogens with zero attached hydrogens (tertiary/aromatic N) is 2. The van der Waals surface area contributed by atoms with E-state index < -0.39 is 24.6 Å². The fourth-order valence-electron chi connectivity index (χ4n) is 2.06. The lowest BCUT2D eigenvalue weighted by atomic mass is 10.1. The Morgan fingerprint density at radius 3 is 2.54 bits per heavy atom. The van der Waals surface area contributed by atoms with Crippen LogP contribution in [0.2, 0.25) is 0 Å². The van der Waals surface area contributed by atoms with Crippen LogP contribution in [0.15, 0.2) is 18.2 Å². The van der Waals surface area contributed by atoms with Crippen molar-refractivity contribution in [2.24, 2.45) is 0 Å². The van der Waals surface area contributed by atoms with Gasteiger partial charge in [0.05, 0.1) is 19.6 Å². The molecule has 0 aliphatic rings. The fraction of sp³-hybridized carbons (Fsp3) is 0.444. The van der Waals surface area contributed by atoms with Crippen molar-refractivity contribution in [3.63, 3.8) is 0 Å². The summed E-state index contributed by atoms with van der Waals surface area (Å²) in [5, 5.41) is 8.53. The summed E-state index contributed by atoms with van der Waals surface area (Å²) >= 11 is 0. The lowest BCUT2D eigenvalue weighted by Gasteiger charge is -2.20. The molecule has 0 heterocycles. The van der Waals surface area contributed by atoms with E-state index in [2.05, 4.69) is 0 Å². The molecule has 8 nitrogen and oxygen atoms in total. The smallest absolute Gasteiger partial charge is 0.344 e. The molecular weight excluding hydrogens is 340 g/mol. The van der Waals surface area contributed by atoms with Crippen LogP contribution in [0.4, 0.5) is 0 Å². The van der Waals surface area contributed by atoms with Gasteiger partial charge >= 0.3 is 5.97 Å². The molecule has 0 saturated carbocycles. The first-order chi connectivity index (χ1) is 12.3. The van der Waals surface area contributed by atoms with E-state index in [-0.39, 0.29) is 24.5 Å². The Labute approximate surface area is 152 Å². The molecule has 26 heavy (non-hydrogen) atoms. The normalized spacial score (nSPS) is 11.0. The van der Waals surface area contributed by atoms with E-state index in [9.17, 15) is 14.4 Å². The van der Waals surface area contributed by atoms with Crippen molar-refractivity contribution in [3.8, 4) is 17.6 Å². The van der Waals surface area contributed by atoms with E-state index in [1.165, 1.54) is 45.0 Å². The zero-order valence-electron chi connectivity index (χ0n) is 15.3. The van der Waals surface area contributed by atoms with Crippen molar-refractivity contribution in [3.05, 3.63) is 23.8 Å². The molecule has 0 N–H and O–H groups in total. The minimum absolute atomic E-state index is 0.123. The number of esters is 1. The topological polar surface area (TPSA) is 106 Å². The summed E-state index contributed by atoms with van der Waals surface area (Å²) in [6.07, 6.45) is -0.793. The van der Waals surface area contributed by atoms with Crippen LogP contribution < -0.4 is 9.47 Å². The summed E-state index contributed by atoms with van der Waals surface area (Å²) in [5.41, 5.74) is 0.455. The van der Waals surface area contributed by atoms with E-state index in [4.69, 9.17) is 19.5 Å². The van der Waals surface area contributed by atoms with Crippen LogP contribution in [-0.2, 0) is 14.3 Å². The van der Waals surface area contributed by atoms with Crippen molar-refractivity contribution < 1.29 is 28.6 Å². The maximum Gasteiger partial charge on any atom is 0.344 e. The van der Waals surface area contributed by atoms with Crippen LogP contribution in [-0.4, -0.2) is 56.0 Å². The van der Waals surface area contributed by atoms with Gasteiger partial charge in [0.2, 0.25) is 0 Å². The SMILES string of the molecule is COc1cc(C(C)=O)ccc1OCC(=O)O[C@H](C)C(=O)N(C)CCC#N. The van der Waals surface area contributed by atoms with Crippen molar-refractivity contribution in [2.75, 3.05) is 27.3 Å². The number of Topliss-reactive ketones (excluding diaryl/α,β-unsaturated/α-hetero) is 1. The average Bonchev–Trinajstić information content (AvgIpc) is 2.63. The fourth-order valence-corrected chi connectivity index (χ4v) is 2.06. The molecular formula is C18H22N2O6. The average molecular weight is 362 g/mol. The van der Waals surface area contributed by atoms with Gasteiger partial charge in [0.15, 0.2) is 30.0 Å². The largest absolute Gasteiger partial charge is 0.493 e. The zero-order chi connectivity index (χ0) is 19.7. The second-order valence-corrected chi connectivity index (χ2v) is 5.51. The van der Waals surface area contributed by atoms with Gasteiger partial charge in [0.1, 0.15) is 0 Å². The Kier molecular flexibility index (Phi) is 8.09. The molecule has 1 amide bonds. The van der Waals surface area contributed by atoms with Crippen LogP contribution in [0.1, 0.15) is 30.6 Å². The second-order valence-electron chi connectivity index (χ2n) is 5.51. The number of likely N-dealkylation sites (N-methyl/N-ethyl adjacent to an activating group) is 1. The Morgan fingerprint density at radius 1 is 1.27 bits per heavy atom. The lowest BCUT2D eigenvalue weighted by molar-refractivity contribution is -0.160. The number of hydrogen-bond donors (Lipinski definition) is 0. The Morgan fingerprint density at radius 2 is 1.96 bits per heavy atom. The number of carbonyl (C=O) groups excluding carboxylic acids is 3. The number of nitriles is 1. The third kappa shape index (κ3) is 6.09. The highest BCUT2D eigenvalue weighted by Gasteiger charge is 2.21. The molecule has 0 aromatic heterocycles. The molecule has 0 aliphatic carbocycles. The van der Waals surface area contributed by atoms with E-state index in [0.29, 0.717) is 11.3 Å². The van der Waals surface area contributed by atoms with E-state index in [1.807, 2.05) is 6.07 Å². The van der Waals surface area contributed by atoms with Crippen LogP contribution >= 0.6 is 0 Å².